The summed E-state index contributed by atoms with van der Waals surface area (Å²) in [6.07, 6.45) is 0.150. The van der Waals surface area contributed by atoms with E-state index in [0.29, 0.717) is 28.7 Å². The van der Waals surface area contributed by atoms with Crippen molar-refractivity contribution in [2.24, 2.45) is 0 Å². The van der Waals surface area contributed by atoms with Crippen LogP contribution < -0.4 is 10.1 Å². The van der Waals surface area contributed by atoms with E-state index in [-0.39, 0.29) is 19.0 Å². The lowest BCUT2D eigenvalue weighted by Gasteiger charge is -2.19. The van der Waals surface area contributed by atoms with Crippen molar-refractivity contribution < 1.29 is 23.5 Å². The van der Waals surface area contributed by atoms with E-state index in [0.717, 1.165) is 5.56 Å². The second-order valence-electron chi connectivity index (χ2n) is 7.17. The first-order chi connectivity index (χ1) is 12.7. The third-order valence-electron chi connectivity index (χ3n) is 3.54. The van der Waals surface area contributed by atoms with Gasteiger partial charge in [0, 0.05) is 11.1 Å². The van der Waals surface area contributed by atoms with E-state index in [1.54, 1.807) is 58.0 Å². The highest BCUT2D eigenvalue weighted by atomic mass is 19.1. The summed E-state index contributed by atoms with van der Waals surface area (Å²) in [6.45, 7) is 7.55. The largest absolute Gasteiger partial charge is 0.492 e. The quantitative estimate of drug-likeness (QED) is 0.597. The minimum Gasteiger partial charge on any atom is -0.492 e. The van der Waals surface area contributed by atoms with Crippen LogP contribution in [0.3, 0.4) is 0 Å². The molecule has 0 heterocycles. The molecule has 1 N–H and O–H groups in total. The number of aldehydes is 1. The highest BCUT2D eigenvalue weighted by Gasteiger charge is 2.15. The van der Waals surface area contributed by atoms with E-state index in [2.05, 4.69) is 5.32 Å². The van der Waals surface area contributed by atoms with Crippen LogP contribution >= 0.6 is 0 Å². The van der Waals surface area contributed by atoms with Crippen molar-refractivity contribution in [2.75, 3.05) is 13.2 Å². The normalized spacial score (nSPS) is 11.0. The van der Waals surface area contributed by atoms with Gasteiger partial charge in [-0.05, 0) is 63.1 Å². The summed E-state index contributed by atoms with van der Waals surface area (Å²) in [7, 11) is 0. The molecule has 0 spiro atoms. The Morgan fingerprint density at radius 2 is 1.93 bits per heavy atom. The van der Waals surface area contributed by atoms with Gasteiger partial charge in [-0.3, -0.25) is 4.79 Å². The molecule has 0 saturated heterocycles. The third kappa shape index (κ3) is 6.40. The van der Waals surface area contributed by atoms with Crippen LogP contribution in [0, 0.1) is 12.7 Å². The molecule has 2 aromatic carbocycles. The van der Waals surface area contributed by atoms with E-state index in [9.17, 15) is 14.0 Å². The molecular formula is C21H24FNO4. The molecule has 0 fully saturated rings. The number of ether oxygens (including phenoxy) is 2. The molecule has 2 rings (SSSR count). The van der Waals surface area contributed by atoms with Crippen molar-refractivity contribution in [2.45, 2.75) is 33.3 Å². The summed E-state index contributed by atoms with van der Waals surface area (Å²) in [4.78, 5) is 22.8. The Morgan fingerprint density at radius 1 is 1.19 bits per heavy atom. The molecule has 27 heavy (non-hydrogen) atoms. The number of carbonyl (C=O) groups is 2. The second-order valence-corrected chi connectivity index (χ2v) is 7.17. The van der Waals surface area contributed by atoms with Crippen molar-refractivity contribution in [1.82, 2.24) is 5.32 Å². The minimum absolute atomic E-state index is 0.178. The predicted molar refractivity (Wildman–Crippen MR) is 102 cm³/mol. The van der Waals surface area contributed by atoms with Crippen LogP contribution in [0.4, 0.5) is 9.18 Å². The monoisotopic (exact) mass is 373 g/mol. The fourth-order valence-electron chi connectivity index (χ4n) is 2.42. The maximum Gasteiger partial charge on any atom is 0.407 e. The van der Waals surface area contributed by atoms with Gasteiger partial charge in [-0.2, -0.15) is 0 Å². The smallest absolute Gasteiger partial charge is 0.407 e. The van der Waals surface area contributed by atoms with Crippen LogP contribution in [-0.2, 0) is 4.74 Å². The number of aryl methyl sites for hydroxylation is 1. The number of hydrogen-bond donors (Lipinski definition) is 1. The lowest BCUT2D eigenvalue weighted by Crippen LogP contribution is -2.34. The van der Waals surface area contributed by atoms with Gasteiger partial charge in [0.15, 0.2) is 0 Å². The Bertz CT molecular complexity index is 827. The number of carbonyl (C=O) groups excluding carboxylic acids is 2. The molecule has 0 aromatic heterocycles. The molecule has 0 aliphatic rings. The Morgan fingerprint density at radius 3 is 2.56 bits per heavy atom. The third-order valence-corrected chi connectivity index (χ3v) is 3.54. The van der Waals surface area contributed by atoms with Crippen molar-refractivity contribution in [3.05, 3.63) is 53.3 Å². The molecule has 5 nitrogen and oxygen atoms in total. The zero-order valence-electron chi connectivity index (χ0n) is 16.0. The topological polar surface area (TPSA) is 64.6 Å². The maximum absolute atomic E-state index is 14.2. The number of alkyl carbamates (subject to hydrolysis) is 1. The van der Waals surface area contributed by atoms with E-state index < -0.39 is 11.7 Å². The Labute approximate surface area is 158 Å². The molecule has 0 radical (unpaired) electrons. The summed E-state index contributed by atoms with van der Waals surface area (Å²) in [5, 5.41) is 2.58. The molecule has 0 aliphatic carbocycles. The Balaban J connectivity index is 2.05. The predicted octanol–water partition coefficient (Wildman–Crippen LogP) is 4.52. The van der Waals surface area contributed by atoms with Gasteiger partial charge in [0.1, 0.15) is 30.1 Å². The first-order valence-corrected chi connectivity index (χ1v) is 8.64. The Hall–Kier alpha value is -2.89. The van der Waals surface area contributed by atoms with Crippen molar-refractivity contribution in [3.63, 3.8) is 0 Å². The molecule has 0 unspecified atom stereocenters. The SMILES string of the molecule is Cc1ccc(-c2cc(C=O)cc(OCCNC(=O)OC(C)(C)C)c2)c(F)c1. The lowest BCUT2D eigenvalue weighted by atomic mass is 10.0. The van der Waals surface area contributed by atoms with E-state index in [1.165, 1.54) is 6.07 Å². The van der Waals surface area contributed by atoms with E-state index in [4.69, 9.17) is 9.47 Å². The second kappa shape index (κ2) is 8.66. The summed E-state index contributed by atoms with van der Waals surface area (Å²) >= 11 is 0. The minimum atomic E-state index is -0.573. The molecule has 0 saturated carbocycles. The molecule has 2 aromatic rings. The van der Waals surface area contributed by atoms with Gasteiger partial charge in [0.25, 0.3) is 0 Å². The van der Waals surface area contributed by atoms with E-state index in [1.807, 2.05) is 0 Å². The van der Waals surface area contributed by atoms with Crippen LogP contribution in [0.25, 0.3) is 11.1 Å². The zero-order chi connectivity index (χ0) is 20.0. The fraction of sp³-hybridized carbons (Fsp3) is 0.333. The van der Waals surface area contributed by atoms with Crippen LogP contribution in [0.2, 0.25) is 0 Å². The van der Waals surface area contributed by atoms with Gasteiger partial charge in [0.05, 0.1) is 6.54 Å². The van der Waals surface area contributed by atoms with Crippen molar-refractivity contribution in [1.29, 1.82) is 0 Å². The maximum atomic E-state index is 14.2. The highest BCUT2D eigenvalue weighted by Crippen LogP contribution is 2.28. The van der Waals surface area contributed by atoms with Crippen molar-refractivity contribution >= 4 is 12.4 Å². The molecule has 0 atom stereocenters. The fourth-order valence-corrected chi connectivity index (χ4v) is 2.42. The van der Waals surface area contributed by atoms with Gasteiger partial charge >= 0.3 is 6.09 Å². The first kappa shape index (κ1) is 20.4. The Kier molecular flexibility index (Phi) is 6.55. The molecule has 0 bridgehead atoms. The summed E-state index contributed by atoms with van der Waals surface area (Å²) < 4.78 is 25.0. The molecule has 1 amide bonds. The summed E-state index contributed by atoms with van der Waals surface area (Å²) in [5.74, 6) is 0.0520. The highest BCUT2D eigenvalue weighted by molar-refractivity contribution is 5.80. The van der Waals surface area contributed by atoms with Crippen LogP contribution in [0.5, 0.6) is 5.75 Å². The molecule has 0 aliphatic heterocycles. The number of halogens is 1. The number of benzene rings is 2. The van der Waals surface area contributed by atoms with Gasteiger partial charge < -0.3 is 14.8 Å². The van der Waals surface area contributed by atoms with Crippen LogP contribution in [-0.4, -0.2) is 31.1 Å². The molecule has 144 valence electrons. The van der Waals surface area contributed by atoms with Gasteiger partial charge in [-0.25, -0.2) is 9.18 Å². The van der Waals surface area contributed by atoms with E-state index >= 15 is 0 Å². The van der Waals surface area contributed by atoms with Gasteiger partial charge in [-0.15, -0.1) is 0 Å². The average Bonchev–Trinajstić information content (AvgIpc) is 2.57. The summed E-state index contributed by atoms with van der Waals surface area (Å²) in [6, 6.07) is 9.74. The van der Waals surface area contributed by atoms with Gasteiger partial charge in [0.2, 0.25) is 0 Å². The van der Waals surface area contributed by atoms with Crippen LogP contribution in [0.15, 0.2) is 36.4 Å². The van der Waals surface area contributed by atoms with Crippen LogP contribution in [0.1, 0.15) is 36.7 Å². The number of amides is 1. The zero-order valence-corrected chi connectivity index (χ0v) is 16.0. The molecule has 6 heteroatoms. The standard InChI is InChI=1S/C21H24FNO4/c1-14-5-6-18(19(22)9-14)16-10-15(13-24)11-17(12-16)26-8-7-23-20(25)27-21(2,3)4/h5-6,9-13H,7-8H2,1-4H3,(H,23,25). The molecular weight excluding hydrogens is 349 g/mol. The first-order valence-electron chi connectivity index (χ1n) is 8.64. The number of nitrogens with one attached hydrogen (secondary N) is 1. The number of hydrogen-bond acceptors (Lipinski definition) is 4. The number of rotatable bonds is 6. The van der Waals surface area contributed by atoms with Gasteiger partial charge in [-0.1, -0.05) is 12.1 Å². The van der Waals surface area contributed by atoms with Crippen molar-refractivity contribution in [3.8, 4) is 16.9 Å². The lowest BCUT2D eigenvalue weighted by molar-refractivity contribution is 0.0520. The summed E-state index contributed by atoms with van der Waals surface area (Å²) in [5.41, 5.74) is 1.55. The average molecular weight is 373 g/mol.